The van der Waals surface area contributed by atoms with Crippen LogP contribution in [0.4, 0.5) is 0 Å². The normalized spacial score (nSPS) is 14.0. The van der Waals surface area contributed by atoms with Gasteiger partial charge in [-0.05, 0) is 35.7 Å². The average molecular weight is 324 g/mol. The Morgan fingerprint density at radius 3 is 2.79 bits per heavy atom. The summed E-state index contributed by atoms with van der Waals surface area (Å²) in [7, 11) is 0. The second-order valence-electron chi connectivity index (χ2n) is 6.37. The topological polar surface area (TPSA) is 50.4 Å². The fraction of sp³-hybridized carbons (Fsp3) is 0.350. The quantitative estimate of drug-likeness (QED) is 0.822. The molecule has 1 aliphatic heterocycles. The molecule has 0 radical (unpaired) electrons. The van der Waals surface area contributed by atoms with Crippen molar-refractivity contribution < 1.29 is 9.53 Å². The highest BCUT2D eigenvalue weighted by Crippen LogP contribution is 2.17. The van der Waals surface area contributed by atoms with Crippen LogP contribution in [0.3, 0.4) is 0 Å². The van der Waals surface area contributed by atoms with Crippen LogP contribution in [0.2, 0.25) is 0 Å². The molecule has 126 valence electrons. The molecule has 1 aliphatic rings. The van der Waals surface area contributed by atoms with E-state index in [4.69, 9.17) is 4.74 Å². The van der Waals surface area contributed by atoms with Gasteiger partial charge in [0.15, 0.2) is 0 Å². The second-order valence-corrected chi connectivity index (χ2v) is 6.37. The first-order valence-electron chi connectivity index (χ1n) is 8.44. The van der Waals surface area contributed by atoms with Gasteiger partial charge in [-0.2, -0.15) is 0 Å². The maximum atomic E-state index is 12.0. The summed E-state index contributed by atoms with van der Waals surface area (Å²) in [5.74, 6) is 1.45. The van der Waals surface area contributed by atoms with Gasteiger partial charge in [0.05, 0.1) is 6.42 Å². The Bertz CT molecular complexity index is 696. The Morgan fingerprint density at radius 2 is 2.04 bits per heavy atom. The molecular formula is C20H24N2O2. The number of nitrogens with one attached hydrogen (secondary N) is 2. The molecule has 1 amide bonds. The van der Waals surface area contributed by atoms with Crippen LogP contribution in [-0.4, -0.2) is 25.5 Å². The maximum absolute atomic E-state index is 12.0. The molecule has 0 bridgehead atoms. The maximum Gasteiger partial charge on any atom is 0.224 e. The van der Waals surface area contributed by atoms with Crippen molar-refractivity contribution in [2.24, 2.45) is 5.92 Å². The number of rotatable bonds is 7. The van der Waals surface area contributed by atoms with Gasteiger partial charge in [0.2, 0.25) is 5.91 Å². The zero-order valence-electron chi connectivity index (χ0n) is 14.0. The number of aryl methyl sites for hydroxylation is 1. The molecule has 3 rings (SSSR count). The lowest BCUT2D eigenvalue weighted by molar-refractivity contribution is -0.120. The summed E-state index contributed by atoms with van der Waals surface area (Å²) in [6, 6.07) is 16.0. The molecule has 0 aromatic heterocycles. The first-order valence-corrected chi connectivity index (χ1v) is 8.44. The summed E-state index contributed by atoms with van der Waals surface area (Å²) in [5, 5.41) is 6.20. The van der Waals surface area contributed by atoms with E-state index in [-0.39, 0.29) is 5.91 Å². The molecule has 2 aromatic rings. The molecule has 2 N–H and O–H groups in total. The molecule has 2 aromatic carbocycles. The number of hydrogen-bond acceptors (Lipinski definition) is 3. The summed E-state index contributed by atoms with van der Waals surface area (Å²) < 4.78 is 5.88. The van der Waals surface area contributed by atoms with E-state index in [0.29, 0.717) is 18.9 Å². The predicted octanol–water partition coefficient (Wildman–Crippen LogP) is 2.45. The van der Waals surface area contributed by atoms with E-state index in [2.05, 4.69) is 29.7 Å². The van der Waals surface area contributed by atoms with Crippen LogP contribution in [-0.2, 0) is 17.8 Å². The van der Waals surface area contributed by atoms with Crippen LogP contribution < -0.4 is 15.4 Å². The Morgan fingerprint density at radius 1 is 1.21 bits per heavy atom. The third-order valence-corrected chi connectivity index (χ3v) is 4.37. The molecule has 0 saturated carbocycles. The first kappa shape index (κ1) is 16.5. The molecular weight excluding hydrogens is 300 g/mol. The van der Waals surface area contributed by atoms with Crippen LogP contribution in [0.15, 0.2) is 48.5 Å². The fourth-order valence-corrected chi connectivity index (χ4v) is 2.68. The molecule has 4 heteroatoms. The molecule has 4 nitrogen and oxygen atoms in total. The van der Waals surface area contributed by atoms with E-state index in [1.807, 2.05) is 36.4 Å². The van der Waals surface area contributed by atoms with Crippen molar-refractivity contribution in [1.82, 2.24) is 10.6 Å². The Balaban J connectivity index is 1.51. The highest BCUT2D eigenvalue weighted by molar-refractivity contribution is 5.78. The van der Waals surface area contributed by atoms with E-state index in [1.165, 1.54) is 11.1 Å². The molecule has 24 heavy (non-hydrogen) atoms. The molecule has 0 unspecified atom stereocenters. The Hall–Kier alpha value is -2.33. The SMILES string of the molecule is Cc1ccccc1COc1cccc(CC(=O)NCC2CNC2)c1. The molecule has 1 heterocycles. The number of carbonyl (C=O) groups is 1. The minimum absolute atomic E-state index is 0.0675. The van der Waals surface area contributed by atoms with Crippen molar-refractivity contribution >= 4 is 5.91 Å². The monoisotopic (exact) mass is 324 g/mol. The van der Waals surface area contributed by atoms with Crippen LogP contribution in [0.1, 0.15) is 16.7 Å². The lowest BCUT2D eigenvalue weighted by atomic mass is 10.0. The van der Waals surface area contributed by atoms with Crippen molar-refractivity contribution in [1.29, 1.82) is 0 Å². The molecule has 0 spiro atoms. The lowest BCUT2D eigenvalue weighted by Crippen LogP contribution is -2.48. The van der Waals surface area contributed by atoms with Crippen LogP contribution in [0, 0.1) is 12.8 Å². The minimum atomic E-state index is 0.0675. The lowest BCUT2D eigenvalue weighted by Gasteiger charge is -2.27. The Kier molecular flexibility index (Phi) is 5.49. The van der Waals surface area contributed by atoms with Crippen LogP contribution in [0.25, 0.3) is 0 Å². The minimum Gasteiger partial charge on any atom is -0.489 e. The van der Waals surface area contributed by atoms with Gasteiger partial charge in [0.1, 0.15) is 12.4 Å². The standard InChI is InChI=1S/C20H24N2O2/c1-15-5-2-3-7-18(15)14-24-19-8-4-6-16(9-19)10-20(23)22-13-17-11-21-12-17/h2-9,17,21H,10-14H2,1H3,(H,22,23). The van der Waals surface area contributed by atoms with Crippen molar-refractivity contribution in [3.63, 3.8) is 0 Å². The second kappa shape index (κ2) is 7.97. The number of ether oxygens (including phenoxy) is 1. The van der Waals surface area contributed by atoms with E-state index in [1.54, 1.807) is 0 Å². The van der Waals surface area contributed by atoms with Gasteiger partial charge < -0.3 is 15.4 Å². The van der Waals surface area contributed by atoms with E-state index >= 15 is 0 Å². The molecule has 1 fully saturated rings. The smallest absolute Gasteiger partial charge is 0.224 e. The van der Waals surface area contributed by atoms with Crippen LogP contribution >= 0.6 is 0 Å². The number of amides is 1. The highest BCUT2D eigenvalue weighted by atomic mass is 16.5. The number of hydrogen-bond donors (Lipinski definition) is 2. The Labute approximate surface area is 143 Å². The van der Waals surface area contributed by atoms with Gasteiger partial charge in [0, 0.05) is 25.6 Å². The largest absolute Gasteiger partial charge is 0.489 e. The van der Waals surface area contributed by atoms with Crippen molar-refractivity contribution in [3.05, 3.63) is 65.2 Å². The molecule has 1 saturated heterocycles. The highest BCUT2D eigenvalue weighted by Gasteiger charge is 2.17. The summed E-state index contributed by atoms with van der Waals surface area (Å²) in [5.41, 5.74) is 3.37. The third-order valence-electron chi connectivity index (χ3n) is 4.37. The van der Waals surface area contributed by atoms with Gasteiger partial charge in [-0.3, -0.25) is 4.79 Å². The summed E-state index contributed by atoms with van der Waals surface area (Å²) >= 11 is 0. The fourth-order valence-electron chi connectivity index (χ4n) is 2.68. The van der Waals surface area contributed by atoms with E-state index in [0.717, 1.165) is 30.9 Å². The third kappa shape index (κ3) is 4.59. The number of carbonyl (C=O) groups excluding carboxylic acids is 1. The van der Waals surface area contributed by atoms with Crippen LogP contribution in [0.5, 0.6) is 5.75 Å². The molecule has 0 atom stereocenters. The van der Waals surface area contributed by atoms with Gasteiger partial charge in [-0.15, -0.1) is 0 Å². The summed E-state index contributed by atoms with van der Waals surface area (Å²) in [6.45, 7) is 5.38. The van der Waals surface area contributed by atoms with Gasteiger partial charge in [0.25, 0.3) is 0 Å². The van der Waals surface area contributed by atoms with E-state index < -0.39 is 0 Å². The first-order chi connectivity index (χ1) is 11.7. The average Bonchev–Trinajstić information content (AvgIpc) is 2.53. The van der Waals surface area contributed by atoms with Crippen molar-refractivity contribution in [3.8, 4) is 5.75 Å². The van der Waals surface area contributed by atoms with Gasteiger partial charge in [-0.1, -0.05) is 36.4 Å². The van der Waals surface area contributed by atoms with Crippen molar-refractivity contribution in [2.45, 2.75) is 20.0 Å². The zero-order valence-corrected chi connectivity index (χ0v) is 14.0. The van der Waals surface area contributed by atoms with Crippen molar-refractivity contribution in [2.75, 3.05) is 19.6 Å². The zero-order chi connectivity index (χ0) is 16.8. The summed E-state index contributed by atoms with van der Waals surface area (Å²) in [4.78, 5) is 12.0. The summed E-state index contributed by atoms with van der Waals surface area (Å²) in [6.07, 6.45) is 0.391. The number of benzene rings is 2. The van der Waals surface area contributed by atoms with Gasteiger partial charge >= 0.3 is 0 Å². The molecule has 0 aliphatic carbocycles. The predicted molar refractivity (Wildman–Crippen MR) is 95.0 cm³/mol. The van der Waals surface area contributed by atoms with E-state index in [9.17, 15) is 4.79 Å². The van der Waals surface area contributed by atoms with Gasteiger partial charge in [-0.25, -0.2) is 0 Å².